The molecule has 2 aromatic rings. The molecule has 0 aliphatic heterocycles. The SMILES string of the molecule is Cn1cc(I)c(=O)n(Cc2ccccc2)c1=O. The third-order valence-electron chi connectivity index (χ3n) is 2.47. The largest absolute Gasteiger partial charge is 0.331 e. The second kappa shape index (κ2) is 4.87. The molecule has 1 aromatic carbocycles. The zero-order chi connectivity index (χ0) is 12.4. The fourth-order valence-electron chi connectivity index (χ4n) is 1.59. The Morgan fingerprint density at radius 1 is 1.18 bits per heavy atom. The van der Waals surface area contributed by atoms with E-state index in [1.807, 2.05) is 52.9 Å². The molecule has 5 heteroatoms. The van der Waals surface area contributed by atoms with Crippen molar-refractivity contribution in [3.8, 4) is 0 Å². The predicted molar refractivity (Wildman–Crippen MR) is 74.2 cm³/mol. The Morgan fingerprint density at radius 2 is 1.82 bits per heavy atom. The highest BCUT2D eigenvalue weighted by Crippen LogP contribution is 2.00. The van der Waals surface area contributed by atoms with Crippen LogP contribution in [0, 0.1) is 3.57 Å². The lowest BCUT2D eigenvalue weighted by atomic mass is 10.2. The first-order valence-corrected chi connectivity index (χ1v) is 6.17. The molecule has 17 heavy (non-hydrogen) atoms. The van der Waals surface area contributed by atoms with E-state index in [0.29, 0.717) is 10.1 Å². The lowest BCUT2D eigenvalue weighted by Crippen LogP contribution is -2.40. The summed E-state index contributed by atoms with van der Waals surface area (Å²) in [6, 6.07) is 9.47. The summed E-state index contributed by atoms with van der Waals surface area (Å²) in [4.78, 5) is 23.8. The highest BCUT2D eigenvalue weighted by molar-refractivity contribution is 14.1. The first-order valence-electron chi connectivity index (χ1n) is 5.09. The minimum Gasteiger partial charge on any atom is -0.302 e. The van der Waals surface area contributed by atoms with Crippen molar-refractivity contribution in [3.63, 3.8) is 0 Å². The van der Waals surface area contributed by atoms with Crippen LogP contribution in [0.3, 0.4) is 0 Å². The number of halogens is 1. The molecule has 0 radical (unpaired) electrons. The Kier molecular flexibility index (Phi) is 3.46. The molecule has 0 unspecified atom stereocenters. The molecule has 0 amide bonds. The summed E-state index contributed by atoms with van der Waals surface area (Å²) in [5.74, 6) is 0. The maximum atomic E-state index is 11.9. The Hall–Kier alpha value is -1.37. The Morgan fingerprint density at radius 3 is 2.47 bits per heavy atom. The monoisotopic (exact) mass is 342 g/mol. The number of hydrogen-bond acceptors (Lipinski definition) is 2. The minimum absolute atomic E-state index is 0.238. The molecule has 0 bridgehead atoms. The molecule has 0 N–H and O–H groups in total. The van der Waals surface area contributed by atoms with Crippen LogP contribution in [-0.2, 0) is 13.6 Å². The average molecular weight is 342 g/mol. The van der Waals surface area contributed by atoms with Crippen molar-refractivity contribution < 1.29 is 0 Å². The van der Waals surface area contributed by atoms with Gasteiger partial charge in [-0.2, -0.15) is 0 Å². The van der Waals surface area contributed by atoms with Crippen LogP contribution >= 0.6 is 22.6 Å². The van der Waals surface area contributed by atoms with E-state index in [1.165, 1.54) is 9.13 Å². The fraction of sp³-hybridized carbons (Fsp3) is 0.167. The van der Waals surface area contributed by atoms with Crippen LogP contribution in [0.25, 0.3) is 0 Å². The topological polar surface area (TPSA) is 44.0 Å². The molecule has 2 rings (SSSR count). The van der Waals surface area contributed by atoms with Gasteiger partial charge in [-0.1, -0.05) is 30.3 Å². The molecule has 1 aromatic heterocycles. The van der Waals surface area contributed by atoms with Crippen LogP contribution in [0.5, 0.6) is 0 Å². The quantitative estimate of drug-likeness (QED) is 0.770. The van der Waals surface area contributed by atoms with Gasteiger partial charge in [0.1, 0.15) is 0 Å². The van der Waals surface area contributed by atoms with Gasteiger partial charge < -0.3 is 4.57 Å². The number of aromatic nitrogens is 2. The molecule has 0 fully saturated rings. The highest BCUT2D eigenvalue weighted by atomic mass is 127. The number of aryl methyl sites for hydroxylation is 1. The number of nitrogens with zero attached hydrogens (tertiary/aromatic N) is 2. The molecule has 1 heterocycles. The van der Waals surface area contributed by atoms with Crippen molar-refractivity contribution in [1.82, 2.24) is 9.13 Å². The van der Waals surface area contributed by atoms with Gasteiger partial charge in [-0.15, -0.1) is 0 Å². The van der Waals surface area contributed by atoms with Crippen molar-refractivity contribution >= 4 is 22.6 Å². The fourth-order valence-corrected chi connectivity index (χ4v) is 2.30. The van der Waals surface area contributed by atoms with Crippen LogP contribution < -0.4 is 11.2 Å². The van der Waals surface area contributed by atoms with Crippen molar-refractivity contribution in [2.45, 2.75) is 6.54 Å². The van der Waals surface area contributed by atoms with Crippen LogP contribution in [0.4, 0.5) is 0 Å². The van der Waals surface area contributed by atoms with E-state index >= 15 is 0 Å². The van der Waals surface area contributed by atoms with Crippen LogP contribution in [0.2, 0.25) is 0 Å². The second-order valence-corrected chi connectivity index (χ2v) is 4.91. The Bertz CT molecular complexity index is 610. The average Bonchev–Trinajstić information content (AvgIpc) is 2.33. The van der Waals surface area contributed by atoms with Gasteiger partial charge in [-0.25, -0.2) is 4.79 Å². The van der Waals surface area contributed by atoms with Gasteiger partial charge in [-0.3, -0.25) is 9.36 Å². The molecule has 0 aliphatic rings. The van der Waals surface area contributed by atoms with Crippen molar-refractivity contribution in [1.29, 1.82) is 0 Å². The molecule has 0 atom stereocenters. The van der Waals surface area contributed by atoms with Crippen molar-refractivity contribution in [2.75, 3.05) is 0 Å². The Labute approximate surface area is 112 Å². The molecule has 0 saturated carbocycles. The lowest BCUT2D eigenvalue weighted by Gasteiger charge is -2.07. The summed E-state index contributed by atoms with van der Waals surface area (Å²) in [6.45, 7) is 0.309. The first-order chi connectivity index (χ1) is 8.09. The summed E-state index contributed by atoms with van der Waals surface area (Å²) < 4.78 is 3.21. The number of rotatable bonds is 2. The third kappa shape index (κ3) is 2.49. The van der Waals surface area contributed by atoms with Crippen molar-refractivity contribution in [2.24, 2.45) is 7.05 Å². The minimum atomic E-state index is -0.292. The zero-order valence-corrected chi connectivity index (χ0v) is 11.4. The molecular weight excluding hydrogens is 331 g/mol. The van der Waals surface area contributed by atoms with Gasteiger partial charge in [0.2, 0.25) is 0 Å². The summed E-state index contributed by atoms with van der Waals surface area (Å²) in [5.41, 5.74) is 0.408. The zero-order valence-electron chi connectivity index (χ0n) is 9.26. The van der Waals surface area contributed by atoms with Gasteiger partial charge in [0.15, 0.2) is 0 Å². The molecule has 0 saturated heterocycles. The van der Waals surface area contributed by atoms with Gasteiger partial charge in [-0.05, 0) is 28.2 Å². The standard InChI is InChI=1S/C12H11IN2O2/c1-14-8-10(13)11(16)15(12(14)17)7-9-5-3-2-4-6-9/h2-6,8H,7H2,1H3. The normalized spacial score (nSPS) is 10.5. The first kappa shape index (κ1) is 12.1. The lowest BCUT2D eigenvalue weighted by molar-refractivity contribution is 0.634. The van der Waals surface area contributed by atoms with Crippen LogP contribution in [0.1, 0.15) is 5.56 Å². The van der Waals surface area contributed by atoms with E-state index in [-0.39, 0.29) is 11.2 Å². The Balaban J connectivity index is 2.54. The van der Waals surface area contributed by atoms with Gasteiger partial charge >= 0.3 is 5.69 Å². The van der Waals surface area contributed by atoms with E-state index in [4.69, 9.17) is 0 Å². The predicted octanol–water partition coefficient (Wildman–Crippen LogP) is 1.20. The number of benzene rings is 1. The molecule has 0 aliphatic carbocycles. The maximum Gasteiger partial charge on any atom is 0.331 e. The van der Waals surface area contributed by atoms with E-state index in [0.717, 1.165) is 5.56 Å². The van der Waals surface area contributed by atoms with Gasteiger partial charge in [0.05, 0.1) is 10.1 Å². The van der Waals surface area contributed by atoms with E-state index < -0.39 is 0 Å². The maximum absolute atomic E-state index is 11.9. The summed E-state index contributed by atoms with van der Waals surface area (Å²) in [6.07, 6.45) is 1.55. The van der Waals surface area contributed by atoms with E-state index in [1.54, 1.807) is 13.2 Å². The summed E-state index contributed by atoms with van der Waals surface area (Å²) in [5, 5.41) is 0. The molecular formula is C12H11IN2O2. The van der Waals surface area contributed by atoms with Gasteiger partial charge in [0, 0.05) is 13.2 Å². The highest BCUT2D eigenvalue weighted by Gasteiger charge is 2.07. The molecule has 88 valence electrons. The smallest absolute Gasteiger partial charge is 0.302 e. The van der Waals surface area contributed by atoms with Gasteiger partial charge in [0.25, 0.3) is 5.56 Å². The van der Waals surface area contributed by atoms with E-state index in [2.05, 4.69) is 0 Å². The van der Waals surface area contributed by atoms with Crippen molar-refractivity contribution in [3.05, 3.63) is 66.5 Å². The van der Waals surface area contributed by atoms with Crippen LogP contribution in [0.15, 0.2) is 46.1 Å². The van der Waals surface area contributed by atoms with E-state index in [9.17, 15) is 9.59 Å². The number of hydrogen-bond donors (Lipinski definition) is 0. The second-order valence-electron chi connectivity index (χ2n) is 3.75. The summed E-state index contributed by atoms with van der Waals surface area (Å²) in [7, 11) is 1.64. The molecule has 4 nitrogen and oxygen atoms in total. The molecule has 0 spiro atoms. The third-order valence-corrected chi connectivity index (χ3v) is 3.21. The van der Waals surface area contributed by atoms with Crippen LogP contribution in [-0.4, -0.2) is 9.13 Å². The summed E-state index contributed by atoms with van der Waals surface area (Å²) >= 11 is 1.94.